The number of rotatable bonds is 4. The SMILES string of the molecule is CCn1nc(C)c(Cl)c1CN1CCC(CCl)CC1. The molecule has 0 aliphatic carbocycles. The van der Waals surface area contributed by atoms with Crippen LogP contribution in [0.15, 0.2) is 0 Å². The lowest BCUT2D eigenvalue weighted by Gasteiger charge is -2.31. The van der Waals surface area contributed by atoms with Crippen molar-refractivity contribution in [1.82, 2.24) is 14.7 Å². The Hall–Kier alpha value is -0.250. The Morgan fingerprint density at radius 1 is 1.33 bits per heavy atom. The Balaban J connectivity index is 2.02. The molecule has 0 unspecified atom stereocenters. The fourth-order valence-corrected chi connectivity index (χ4v) is 3.03. The van der Waals surface area contributed by atoms with Crippen molar-refractivity contribution in [1.29, 1.82) is 0 Å². The number of nitrogens with zero attached hydrogens (tertiary/aromatic N) is 3. The first-order valence-corrected chi connectivity index (χ1v) is 7.57. The average molecular weight is 290 g/mol. The molecule has 0 spiro atoms. The molecule has 1 aromatic rings. The quantitative estimate of drug-likeness (QED) is 0.793. The summed E-state index contributed by atoms with van der Waals surface area (Å²) in [4.78, 5) is 2.46. The molecular weight excluding hydrogens is 269 g/mol. The van der Waals surface area contributed by atoms with Gasteiger partial charge in [0.2, 0.25) is 0 Å². The maximum absolute atomic E-state index is 6.34. The predicted molar refractivity (Wildman–Crippen MR) is 76.4 cm³/mol. The zero-order valence-electron chi connectivity index (χ0n) is 11.1. The first kappa shape index (κ1) is 14.2. The highest BCUT2D eigenvalue weighted by molar-refractivity contribution is 6.31. The number of alkyl halides is 1. The van der Waals surface area contributed by atoms with Crippen LogP contribution < -0.4 is 0 Å². The van der Waals surface area contributed by atoms with E-state index in [0.29, 0.717) is 5.92 Å². The minimum absolute atomic E-state index is 0.691. The Kier molecular flexibility index (Phi) is 4.93. The van der Waals surface area contributed by atoms with Crippen LogP contribution in [0.4, 0.5) is 0 Å². The molecular formula is C13H21Cl2N3. The second kappa shape index (κ2) is 6.27. The van der Waals surface area contributed by atoms with Gasteiger partial charge >= 0.3 is 0 Å². The number of aromatic nitrogens is 2. The number of aryl methyl sites for hydroxylation is 2. The third kappa shape index (κ3) is 3.01. The highest BCUT2D eigenvalue weighted by Gasteiger charge is 2.21. The van der Waals surface area contributed by atoms with E-state index >= 15 is 0 Å². The maximum atomic E-state index is 6.34. The molecule has 18 heavy (non-hydrogen) atoms. The van der Waals surface area contributed by atoms with Crippen LogP contribution in [-0.4, -0.2) is 33.6 Å². The average Bonchev–Trinajstić information content (AvgIpc) is 2.67. The van der Waals surface area contributed by atoms with Crippen molar-refractivity contribution < 1.29 is 0 Å². The third-order valence-electron chi connectivity index (χ3n) is 3.75. The van der Waals surface area contributed by atoms with Gasteiger partial charge in [-0.25, -0.2) is 0 Å². The van der Waals surface area contributed by atoms with E-state index in [-0.39, 0.29) is 0 Å². The fourth-order valence-electron chi connectivity index (χ4n) is 2.53. The van der Waals surface area contributed by atoms with Gasteiger partial charge in [0, 0.05) is 19.0 Å². The first-order chi connectivity index (χ1) is 8.65. The molecule has 3 nitrogen and oxygen atoms in total. The molecule has 0 bridgehead atoms. The van der Waals surface area contributed by atoms with E-state index in [0.717, 1.165) is 48.5 Å². The van der Waals surface area contributed by atoms with Crippen molar-refractivity contribution in [2.75, 3.05) is 19.0 Å². The zero-order valence-corrected chi connectivity index (χ0v) is 12.6. The van der Waals surface area contributed by atoms with E-state index in [4.69, 9.17) is 23.2 Å². The van der Waals surface area contributed by atoms with Gasteiger partial charge in [0.15, 0.2) is 0 Å². The van der Waals surface area contributed by atoms with E-state index in [1.54, 1.807) is 0 Å². The molecule has 1 aromatic heterocycles. The molecule has 5 heteroatoms. The predicted octanol–water partition coefficient (Wildman–Crippen LogP) is 3.32. The smallest absolute Gasteiger partial charge is 0.0860 e. The Bertz CT molecular complexity index is 395. The Morgan fingerprint density at radius 2 is 2.00 bits per heavy atom. The van der Waals surface area contributed by atoms with Crippen LogP contribution in [0.2, 0.25) is 5.02 Å². The van der Waals surface area contributed by atoms with Crippen molar-refractivity contribution >= 4 is 23.2 Å². The molecule has 0 saturated carbocycles. The molecule has 0 atom stereocenters. The summed E-state index contributed by atoms with van der Waals surface area (Å²) in [5, 5.41) is 5.29. The summed E-state index contributed by atoms with van der Waals surface area (Å²) < 4.78 is 2.02. The van der Waals surface area contributed by atoms with E-state index in [1.165, 1.54) is 12.8 Å². The first-order valence-electron chi connectivity index (χ1n) is 6.65. The number of halogens is 2. The molecule has 2 rings (SSSR count). The van der Waals surface area contributed by atoms with Gasteiger partial charge < -0.3 is 0 Å². The van der Waals surface area contributed by atoms with Crippen LogP contribution in [0.3, 0.4) is 0 Å². The van der Waals surface area contributed by atoms with E-state index < -0.39 is 0 Å². The Morgan fingerprint density at radius 3 is 2.56 bits per heavy atom. The van der Waals surface area contributed by atoms with Gasteiger partial charge in [-0.1, -0.05) is 11.6 Å². The highest BCUT2D eigenvalue weighted by atomic mass is 35.5. The van der Waals surface area contributed by atoms with Crippen LogP contribution in [0.5, 0.6) is 0 Å². The van der Waals surface area contributed by atoms with Gasteiger partial charge in [-0.15, -0.1) is 11.6 Å². The van der Waals surface area contributed by atoms with Crippen molar-refractivity contribution in [3.05, 3.63) is 16.4 Å². The Labute approximate surface area is 119 Å². The van der Waals surface area contributed by atoms with Gasteiger partial charge in [-0.3, -0.25) is 9.58 Å². The molecule has 1 fully saturated rings. The molecule has 1 aliphatic heterocycles. The standard InChI is InChI=1S/C13H21Cl2N3/c1-3-18-12(13(15)10(2)16-18)9-17-6-4-11(8-14)5-7-17/h11H,3-9H2,1-2H3. The van der Waals surface area contributed by atoms with Gasteiger partial charge in [0.05, 0.1) is 16.4 Å². The van der Waals surface area contributed by atoms with E-state index in [9.17, 15) is 0 Å². The second-order valence-corrected chi connectivity index (χ2v) is 5.72. The maximum Gasteiger partial charge on any atom is 0.0860 e. The van der Waals surface area contributed by atoms with Crippen LogP contribution in [-0.2, 0) is 13.1 Å². The van der Waals surface area contributed by atoms with Gasteiger partial charge in [-0.2, -0.15) is 5.10 Å². The summed E-state index contributed by atoms with van der Waals surface area (Å²) in [6, 6.07) is 0. The number of hydrogen-bond donors (Lipinski definition) is 0. The van der Waals surface area contributed by atoms with Crippen molar-refractivity contribution in [3.63, 3.8) is 0 Å². The van der Waals surface area contributed by atoms with Gasteiger partial charge in [0.1, 0.15) is 0 Å². The van der Waals surface area contributed by atoms with Crippen LogP contribution in [0.25, 0.3) is 0 Å². The van der Waals surface area contributed by atoms with Gasteiger partial charge in [-0.05, 0) is 45.7 Å². The molecule has 2 heterocycles. The minimum Gasteiger partial charge on any atom is -0.297 e. The molecule has 102 valence electrons. The van der Waals surface area contributed by atoms with Crippen molar-refractivity contribution in [3.8, 4) is 0 Å². The topological polar surface area (TPSA) is 21.1 Å². The zero-order chi connectivity index (χ0) is 13.1. The second-order valence-electron chi connectivity index (χ2n) is 5.04. The summed E-state index contributed by atoms with van der Waals surface area (Å²) in [6.45, 7) is 8.08. The summed E-state index contributed by atoms with van der Waals surface area (Å²) in [7, 11) is 0. The molecule has 0 radical (unpaired) electrons. The normalized spacial score (nSPS) is 18.4. The monoisotopic (exact) mass is 289 g/mol. The van der Waals surface area contributed by atoms with E-state index in [2.05, 4.69) is 16.9 Å². The lowest BCUT2D eigenvalue weighted by atomic mass is 9.99. The summed E-state index contributed by atoms with van der Waals surface area (Å²) in [6.07, 6.45) is 2.39. The third-order valence-corrected chi connectivity index (χ3v) is 4.68. The lowest BCUT2D eigenvalue weighted by molar-refractivity contribution is 0.182. The number of hydrogen-bond acceptors (Lipinski definition) is 2. The van der Waals surface area contributed by atoms with Crippen molar-refractivity contribution in [2.45, 2.75) is 39.8 Å². The van der Waals surface area contributed by atoms with Gasteiger partial charge in [0.25, 0.3) is 0 Å². The molecule has 0 aromatic carbocycles. The summed E-state index contributed by atoms with van der Waals surface area (Å²) in [5.41, 5.74) is 2.09. The molecule has 1 saturated heterocycles. The molecule has 0 amide bonds. The number of piperidine rings is 1. The molecule has 0 N–H and O–H groups in total. The van der Waals surface area contributed by atoms with Crippen LogP contribution >= 0.6 is 23.2 Å². The highest BCUT2D eigenvalue weighted by Crippen LogP contribution is 2.25. The number of likely N-dealkylation sites (tertiary alicyclic amines) is 1. The van der Waals surface area contributed by atoms with Crippen molar-refractivity contribution in [2.24, 2.45) is 5.92 Å². The van der Waals surface area contributed by atoms with Crippen LogP contribution in [0.1, 0.15) is 31.2 Å². The summed E-state index contributed by atoms with van der Waals surface area (Å²) in [5.74, 6) is 1.48. The fraction of sp³-hybridized carbons (Fsp3) is 0.769. The molecule has 1 aliphatic rings. The minimum atomic E-state index is 0.691. The summed E-state index contributed by atoms with van der Waals surface area (Å²) >= 11 is 12.2. The largest absolute Gasteiger partial charge is 0.297 e. The van der Waals surface area contributed by atoms with Crippen LogP contribution in [0, 0.1) is 12.8 Å². The van der Waals surface area contributed by atoms with E-state index in [1.807, 2.05) is 11.6 Å². The lowest BCUT2D eigenvalue weighted by Crippen LogP contribution is -2.34.